The molecule has 0 radical (unpaired) electrons. The molecule has 25 heavy (non-hydrogen) atoms. The Morgan fingerprint density at radius 3 is 2.12 bits per heavy atom. The van der Waals surface area contributed by atoms with Crippen LogP contribution >= 0.6 is 21.6 Å². The first-order chi connectivity index (χ1) is 11.3. The van der Waals surface area contributed by atoms with Crippen molar-refractivity contribution in [2.24, 2.45) is 0 Å². The SMILES string of the molecule is CC(C)(C)SSCCCc1cnc(O[Si](C)(C)C)nc1O[Si](C)(C)C. The second-order valence-electron chi connectivity index (χ2n) is 9.03. The van der Waals surface area contributed by atoms with Crippen LogP contribution in [0, 0.1) is 0 Å². The summed E-state index contributed by atoms with van der Waals surface area (Å²) in [5.74, 6) is 1.83. The minimum Gasteiger partial charge on any atom is -0.531 e. The van der Waals surface area contributed by atoms with Gasteiger partial charge >= 0.3 is 6.01 Å². The van der Waals surface area contributed by atoms with Crippen molar-refractivity contribution in [3.05, 3.63) is 11.8 Å². The Balaban J connectivity index is 2.76. The van der Waals surface area contributed by atoms with Crippen LogP contribution in [0.25, 0.3) is 0 Å². The van der Waals surface area contributed by atoms with Crippen LogP contribution in [-0.4, -0.2) is 37.1 Å². The summed E-state index contributed by atoms with van der Waals surface area (Å²) in [6, 6.07) is 0.453. The highest BCUT2D eigenvalue weighted by atomic mass is 33.1. The van der Waals surface area contributed by atoms with Crippen LogP contribution in [0.4, 0.5) is 0 Å². The van der Waals surface area contributed by atoms with E-state index in [-0.39, 0.29) is 0 Å². The third kappa shape index (κ3) is 11.2. The maximum absolute atomic E-state index is 6.21. The van der Waals surface area contributed by atoms with Crippen LogP contribution in [0.5, 0.6) is 11.9 Å². The van der Waals surface area contributed by atoms with Gasteiger partial charge in [0.05, 0.1) is 0 Å². The van der Waals surface area contributed by atoms with Crippen molar-refractivity contribution < 1.29 is 8.85 Å². The van der Waals surface area contributed by atoms with E-state index in [9.17, 15) is 0 Å². The molecule has 0 N–H and O–H groups in total. The zero-order valence-corrected chi connectivity index (χ0v) is 20.9. The Morgan fingerprint density at radius 1 is 1.00 bits per heavy atom. The standard InChI is InChI=1S/C17H34N2O2S2Si2/c1-17(2,3)23-22-12-10-11-14-13-18-16(21-25(7,8)9)19-15(14)20-24(4,5)6/h13H,10-12H2,1-9H3. The Kier molecular flexibility index (Phi) is 8.36. The van der Waals surface area contributed by atoms with Gasteiger partial charge in [0.25, 0.3) is 0 Å². The number of hydrogen-bond acceptors (Lipinski definition) is 6. The number of nitrogens with zero attached hydrogens (tertiary/aromatic N) is 2. The van der Waals surface area contributed by atoms with Gasteiger partial charge in [0, 0.05) is 22.3 Å². The zero-order chi connectivity index (χ0) is 19.3. The molecular formula is C17H34N2O2S2Si2. The Bertz CT molecular complexity index is 553. The van der Waals surface area contributed by atoms with E-state index in [1.165, 1.54) is 0 Å². The molecular weight excluding hydrogens is 385 g/mol. The Hall–Kier alpha value is -0.186. The quantitative estimate of drug-likeness (QED) is 0.278. The van der Waals surface area contributed by atoms with Gasteiger partial charge in [-0.1, -0.05) is 42.4 Å². The van der Waals surface area contributed by atoms with E-state index in [4.69, 9.17) is 8.85 Å². The van der Waals surface area contributed by atoms with Crippen molar-refractivity contribution in [2.75, 3.05) is 5.75 Å². The molecule has 0 saturated carbocycles. The van der Waals surface area contributed by atoms with Gasteiger partial charge < -0.3 is 8.85 Å². The number of hydrogen-bond donors (Lipinski definition) is 0. The average Bonchev–Trinajstić information content (AvgIpc) is 2.35. The van der Waals surface area contributed by atoms with Crippen LogP contribution in [0.2, 0.25) is 39.3 Å². The van der Waals surface area contributed by atoms with Crippen molar-refractivity contribution in [2.45, 2.75) is 77.6 Å². The molecule has 0 spiro atoms. The lowest BCUT2D eigenvalue weighted by molar-refractivity contribution is 0.470. The lowest BCUT2D eigenvalue weighted by Gasteiger charge is -2.22. The van der Waals surface area contributed by atoms with E-state index in [1.54, 1.807) is 0 Å². The van der Waals surface area contributed by atoms with E-state index >= 15 is 0 Å². The summed E-state index contributed by atoms with van der Waals surface area (Å²) in [5.41, 5.74) is 1.09. The Morgan fingerprint density at radius 2 is 1.60 bits per heavy atom. The van der Waals surface area contributed by atoms with E-state index in [1.807, 2.05) is 27.8 Å². The molecule has 0 aliphatic carbocycles. The van der Waals surface area contributed by atoms with E-state index in [0.717, 1.165) is 30.0 Å². The van der Waals surface area contributed by atoms with Gasteiger partial charge in [0.1, 0.15) is 0 Å². The van der Waals surface area contributed by atoms with Crippen molar-refractivity contribution in [3.63, 3.8) is 0 Å². The molecule has 0 fully saturated rings. The summed E-state index contributed by atoms with van der Waals surface area (Å²) >= 11 is 0. The highest BCUT2D eigenvalue weighted by Gasteiger charge is 2.23. The Labute approximate surface area is 163 Å². The summed E-state index contributed by atoms with van der Waals surface area (Å²) in [7, 11) is 0.411. The van der Waals surface area contributed by atoms with Crippen LogP contribution in [-0.2, 0) is 6.42 Å². The highest BCUT2D eigenvalue weighted by molar-refractivity contribution is 8.77. The third-order valence-corrected chi connectivity index (χ3v) is 7.61. The van der Waals surface area contributed by atoms with Gasteiger partial charge in [-0.15, -0.1) is 0 Å². The van der Waals surface area contributed by atoms with Gasteiger partial charge in [-0.25, -0.2) is 4.98 Å². The van der Waals surface area contributed by atoms with Crippen molar-refractivity contribution in [1.82, 2.24) is 9.97 Å². The normalized spacial score (nSPS) is 13.0. The fourth-order valence-corrected chi connectivity index (χ4v) is 5.55. The first-order valence-electron chi connectivity index (χ1n) is 8.80. The molecule has 0 saturated heterocycles. The molecule has 1 aromatic rings. The molecule has 0 aliphatic rings. The number of rotatable bonds is 9. The molecule has 144 valence electrons. The van der Waals surface area contributed by atoms with E-state index in [0.29, 0.717) is 10.8 Å². The smallest absolute Gasteiger partial charge is 0.305 e. The van der Waals surface area contributed by atoms with Crippen molar-refractivity contribution in [3.8, 4) is 11.9 Å². The lowest BCUT2D eigenvalue weighted by atomic mass is 10.2. The summed E-state index contributed by atoms with van der Waals surface area (Å²) in [4.78, 5) is 9.00. The third-order valence-electron chi connectivity index (χ3n) is 2.59. The minimum absolute atomic E-state index is 0.301. The summed E-state index contributed by atoms with van der Waals surface area (Å²) < 4.78 is 12.4. The minimum atomic E-state index is -1.73. The van der Waals surface area contributed by atoms with Crippen LogP contribution in [0.1, 0.15) is 32.8 Å². The largest absolute Gasteiger partial charge is 0.531 e. The van der Waals surface area contributed by atoms with Gasteiger partial charge in [0.2, 0.25) is 22.5 Å². The first-order valence-corrected chi connectivity index (χ1v) is 17.9. The first kappa shape index (κ1) is 22.9. The lowest BCUT2D eigenvalue weighted by Crippen LogP contribution is -2.32. The molecule has 0 amide bonds. The predicted octanol–water partition coefficient (Wildman–Crippen LogP) is 6.02. The van der Waals surface area contributed by atoms with Gasteiger partial charge in [-0.2, -0.15) is 4.98 Å². The molecule has 0 aromatic carbocycles. The molecule has 1 heterocycles. The monoisotopic (exact) mass is 418 g/mol. The second kappa shape index (κ2) is 9.15. The van der Waals surface area contributed by atoms with Gasteiger partial charge in [-0.3, -0.25) is 0 Å². The number of aryl methyl sites for hydroxylation is 1. The van der Waals surface area contributed by atoms with Gasteiger partial charge in [0.15, 0.2) is 0 Å². The van der Waals surface area contributed by atoms with Crippen LogP contribution in [0.15, 0.2) is 6.20 Å². The fourth-order valence-electron chi connectivity index (χ4n) is 1.79. The van der Waals surface area contributed by atoms with Crippen LogP contribution < -0.4 is 8.85 Å². The second-order valence-corrected chi connectivity index (χ2v) is 21.1. The zero-order valence-electron chi connectivity index (χ0n) is 17.2. The maximum atomic E-state index is 6.21. The molecule has 0 unspecified atom stereocenters. The van der Waals surface area contributed by atoms with E-state index in [2.05, 4.69) is 70.0 Å². The van der Waals surface area contributed by atoms with E-state index < -0.39 is 16.6 Å². The predicted molar refractivity (Wildman–Crippen MR) is 118 cm³/mol. The summed E-state index contributed by atoms with van der Waals surface area (Å²) in [5, 5.41) is 0. The summed E-state index contributed by atoms with van der Waals surface area (Å²) in [6.07, 6.45) is 3.91. The van der Waals surface area contributed by atoms with Crippen molar-refractivity contribution in [1.29, 1.82) is 0 Å². The molecule has 0 aliphatic heterocycles. The van der Waals surface area contributed by atoms with Gasteiger partial charge in [-0.05, 0) is 52.1 Å². The molecule has 1 rings (SSSR count). The molecule has 8 heteroatoms. The maximum Gasteiger partial charge on any atom is 0.305 e. The highest BCUT2D eigenvalue weighted by Crippen LogP contribution is 2.35. The average molecular weight is 419 g/mol. The molecule has 4 nitrogen and oxygen atoms in total. The topological polar surface area (TPSA) is 44.2 Å². The van der Waals surface area contributed by atoms with Crippen LogP contribution in [0.3, 0.4) is 0 Å². The molecule has 0 bridgehead atoms. The molecule has 1 aromatic heterocycles. The number of aromatic nitrogens is 2. The molecule has 0 atom stereocenters. The summed E-state index contributed by atoms with van der Waals surface area (Å²) in [6.45, 7) is 19.7. The fraction of sp³-hybridized carbons (Fsp3) is 0.765. The van der Waals surface area contributed by atoms with Crippen molar-refractivity contribution >= 4 is 38.2 Å².